The third-order valence-electron chi connectivity index (χ3n) is 2.89. The van der Waals surface area contributed by atoms with Crippen LogP contribution in [-0.2, 0) is 6.42 Å². The molecule has 20 heavy (non-hydrogen) atoms. The summed E-state index contributed by atoms with van der Waals surface area (Å²) in [6.07, 6.45) is 0.853. The molecule has 2 aromatic heterocycles. The van der Waals surface area contributed by atoms with E-state index in [2.05, 4.69) is 52.8 Å². The molecule has 2 rings (SSSR count). The van der Waals surface area contributed by atoms with E-state index in [-0.39, 0.29) is 0 Å². The van der Waals surface area contributed by atoms with Gasteiger partial charge in [0.1, 0.15) is 16.7 Å². The second-order valence-corrected chi connectivity index (χ2v) is 6.31. The summed E-state index contributed by atoms with van der Waals surface area (Å²) in [5.74, 6) is 2.47. The summed E-state index contributed by atoms with van der Waals surface area (Å²) in [6.45, 7) is 10.5. The van der Waals surface area contributed by atoms with Crippen molar-refractivity contribution in [2.75, 3.05) is 0 Å². The average molecular weight is 291 g/mol. The molecule has 2 aromatic rings. The van der Waals surface area contributed by atoms with E-state index in [1.54, 1.807) is 0 Å². The Labute approximate surface area is 124 Å². The van der Waals surface area contributed by atoms with Gasteiger partial charge in [0.15, 0.2) is 0 Å². The molecule has 0 aliphatic heterocycles. The van der Waals surface area contributed by atoms with Crippen molar-refractivity contribution < 1.29 is 0 Å². The highest BCUT2D eigenvalue weighted by Gasteiger charge is 2.13. The van der Waals surface area contributed by atoms with Crippen molar-refractivity contribution in [3.05, 3.63) is 23.4 Å². The van der Waals surface area contributed by atoms with Crippen molar-refractivity contribution >= 4 is 11.8 Å². The fourth-order valence-corrected chi connectivity index (χ4v) is 2.40. The highest BCUT2D eigenvalue weighted by Crippen LogP contribution is 2.26. The standard InChI is InChI=1S/C14H21N5S/c1-6-11-16-14(19-18-11)20-12-7-10(8(2)3)15-13(17-12)9(4)5/h7-9H,6H2,1-5H3,(H,16,18,19). The van der Waals surface area contributed by atoms with Crippen LogP contribution < -0.4 is 0 Å². The molecule has 6 heteroatoms. The number of hydrogen-bond acceptors (Lipinski definition) is 5. The maximum Gasteiger partial charge on any atom is 0.214 e. The number of nitrogens with one attached hydrogen (secondary N) is 1. The van der Waals surface area contributed by atoms with Gasteiger partial charge in [-0.15, -0.1) is 5.10 Å². The Morgan fingerprint density at radius 1 is 1.10 bits per heavy atom. The summed E-state index contributed by atoms with van der Waals surface area (Å²) in [5, 5.41) is 8.75. The fraction of sp³-hybridized carbons (Fsp3) is 0.571. The predicted molar refractivity (Wildman–Crippen MR) is 80.1 cm³/mol. The van der Waals surface area contributed by atoms with Crippen LogP contribution in [0.25, 0.3) is 0 Å². The van der Waals surface area contributed by atoms with E-state index >= 15 is 0 Å². The number of H-pyrrole nitrogens is 1. The first kappa shape index (κ1) is 15.0. The van der Waals surface area contributed by atoms with Gasteiger partial charge in [-0.25, -0.2) is 15.0 Å². The minimum atomic E-state index is 0.311. The zero-order chi connectivity index (χ0) is 14.7. The monoisotopic (exact) mass is 291 g/mol. The van der Waals surface area contributed by atoms with Crippen LogP contribution in [0.1, 0.15) is 63.8 Å². The molecule has 0 aliphatic rings. The molecule has 0 amide bonds. The van der Waals surface area contributed by atoms with Crippen molar-refractivity contribution in [1.29, 1.82) is 0 Å². The third-order valence-corrected chi connectivity index (χ3v) is 3.67. The van der Waals surface area contributed by atoms with Crippen molar-refractivity contribution in [1.82, 2.24) is 25.1 Å². The SMILES string of the molecule is CCc1nc(Sc2cc(C(C)C)nc(C(C)C)n2)n[nH]1. The quantitative estimate of drug-likeness (QED) is 0.853. The van der Waals surface area contributed by atoms with Crippen molar-refractivity contribution in [2.24, 2.45) is 0 Å². The lowest BCUT2D eigenvalue weighted by molar-refractivity contribution is 0.709. The zero-order valence-corrected chi connectivity index (χ0v) is 13.5. The molecule has 1 N–H and O–H groups in total. The molecule has 0 unspecified atom stereocenters. The fourth-order valence-electron chi connectivity index (χ4n) is 1.64. The molecule has 108 valence electrons. The summed E-state index contributed by atoms with van der Waals surface area (Å²) in [7, 11) is 0. The summed E-state index contributed by atoms with van der Waals surface area (Å²) in [4.78, 5) is 13.6. The molecule has 0 radical (unpaired) electrons. The van der Waals surface area contributed by atoms with Gasteiger partial charge in [0, 0.05) is 18.0 Å². The average Bonchev–Trinajstić information content (AvgIpc) is 2.85. The minimum absolute atomic E-state index is 0.311. The van der Waals surface area contributed by atoms with Gasteiger partial charge < -0.3 is 0 Å². The van der Waals surface area contributed by atoms with Crippen LogP contribution >= 0.6 is 11.8 Å². The molecule has 0 aromatic carbocycles. The first-order valence-corrected chi connectivity index (χ1v) is 7.79. The smallest absolute Gasteiger partial charge is 0.214 e. The van der Waals surface area contributed by atoms with Gasteiger partial charge in [-0.2, -0.15) is 0 Å². The van der Waals surface area contributed by atoms with Crippen LogP contribution in [0.2, 0.25) is 0 Å². The first-order chi connectivity index (χ1) is 9.49. The van der Waals surface area contributed by atoms with Gasteiger partial charge in [0.2, 0.25) is 5.16 Å². The molecule has 2 heterocycles. The number of nitrogens with zero attached hydrogens (tertiary/aromatic N) is 4. The van der Waals surface area contributed by atoms with Crippen LogP contribution in [0.3, 0.4) is 0 Å². The van der Waals surface area contributed by atoms with Gasteiger partial charge in [-0.3, -0.25) is 5.10 Å². The second kappa shape index (κ2) is 6.35. The molecule has 0 bridgehead atoms. The Kier molecular flexibility index (Phi) is 4.75. The van der Waals surface area contributed by atoms with Crippen LogP contribution in [-0.4, -0.2) is 25.1 Å². The van der Waals surface area contributed by atoms with E-state index in [0.717, 1.165) is 28.8 Å². The zero-order valence-electron chi connectivity index (χ0n) is 12.6. The molecule has 5 nitrogen and oxygen atoms in total. The van der Waals surface area contributed by atoms with Gasteiger partial charge in [0.25, 0.3) is 0 Å². The first-order valence-electron chi connectivity index (χ1n) is 6.97. The molecule has 0 saturated heterocycles. The third kappa shape index (κ3) is 3.56. The predicted octanol–water partition coefficient (Wildman–Crippen LogP) is 3.56. The van der Waals surface area contributed by atoms with Crippen molar-refractivity contribution in [2.45, 2.75) is 63.1 Å². The van der Waals surface area contributed by atoms with Crippen LogP contribution in [0.5, 0.6) is 0 Å². The molecule has 0 spiro atoms. The number of hydrogen-bond donors (Lipinski definition) is 1. The largest absolute Gasteiger partial charge is 0.262 e. The van der Waals surface area contributed by atoms with E-state index < -0.39 is 0 Å². The normalized spacial score (nSPS) is 11.6. The Morgan fingerprint density at radius 2 is 1.85 bits per heavy atom. The summed E-state index contributed by atoms with van der Waals surface area (Å²) in [5.41, 5.74) is 1.07. The Hall–Kier alpha value is -1.43. The maximum atomic E-state index is 4.62. The Morgan fingerprint density at radius 3 is 2.40 bits per heavy atom. The number of aromatic amines is 1. The molecule has 0 atom stereocenters. The maximum absolute atomic E-state index is 4.62. The molecular formula is C14H21N5S. The molecule has 0 fully saturated rings. The summed E-state index contributed by atoms with van der Waals surface area (Å²) < 4.78 is 0. The summed E-state index contributed by atoms with van der Waals surface area (Å²) in [6, 6.07) is 2.03. The molecular weight excluding hydrogens is 270 g/mol. The van der Waals surface area contributed by atoms with E-state index in [0.29, 0.717) is 17.0 Å². The Bertz CT molecular complexity index is 550. The highest BCUT2D eigenvalue weighted by atomic mass is 32.2. The van der Waals surface area contributed by atoms with Gasteiger partial charge >= 0.3 is 0 Å². The lowest BCUT2D eigenvalue weighted by Gasteiger charge is -2.11. The van der Waals surface area contributed by atoms with E-state index in [9.17, 15) is 0 Å². The van der Waals surface area contributed by atoms with Gasteiger partial charge in [-0.1, -0.05) is 34.6 Å². The number of aromatic nitrogens is 5. The number of rotatable bonds is 5. The van der Waals surface area contributed by atoms with E-state index in [1.807, 2.05) is 13.0 Å². The van der Waals surface area contributed by atoms with Crippen molar-refractivity contribution in [3.63, 3.8) is 0 Å². The van der Waals surface area contributed by atoms with E-state index in [4.69, 9.17) is 0 Å². The molecule has 0 aliphatic carbocycles. The number of aryl methyl sites for hydroxylation is 1. The molecule has 0 saturated carbocycles. The van der Waals surface area contributed by atoms with Crippen LogP contribution in [0.4, 0.5) is 0 Å². The lowest BCUT2D eigenvalue weighted by atomic mass is 10.1. The topological polar surface area (TPSA) is 67.3 Å². The Balaban J connectivity index is 2.30. The highest BCUT2D eigenvalue weighted by molar-refractivity contribution is 7.99. The van der Waals surface area contributed by atoms with Gasteiger partial charge in [-0.05, 0) is 23.7 Å². The van der Waals surface area contributed by atoms with E-state index in [1.165, 1.54) is 11.8 Å². The van der Waals surface area contributed by atoms with Gasteiger partial charge in [0.05, 0.1) is 0 Å². The lowest BCUT2D eigenvalue weighted by Crippen LogP contribution is -2.04. The van der Waals surface area contributed by atoms with Crippen LogP contribution in [0.15, 0.2) is 16.2 Å². The summed E-state index contributed by atoms with van der Waals surface area (Å²) >= 11 is 1.48. The minimum Gasteiger partial charge on any atom is -0.262 e. The second-order valence-electron chi connectivity index (χ2n) is 5.32. The van der Waals surface area contributed by atoms with Crippen molar-refractivity contribution in [3.8, 4) is 0 Å². The van der Waals surface area contributed by atoms with Crippen LogP contribution in [0, 0.1) is 0 Å².